The first kappa shape index (κ1) is 6.66. The number of thioether (sulfide) groups is 1. The first-order chi connectivity index (χ1) is 4.84. The summed E-state index contributed by atoms with van der Waals surface area (Å²) in [5.41, 5.74) is 6.08. The third-order valence-corrected chi connectivity index (χ3v) is 2.53. The molecule has 2 heterocycles. The van der Waals surface area contributed by atoms with Crippen molar-refractivity contribution in [2.24, 2.45) is 0 Å². The van der Waals surface area contributed by atoms with Crippen LogP contribution in [0.2, 0.25) is 0 Å². The quantitative estimate of drug-likeness (QED) is 0.485. The SMILES string of the molecule is S=C1NN2CSCN(C2)N1. The minimum atomic E-state index is 0.701. The van der Waals surface area contributed by atoms with Crippen molar-refractivity contribution in [1.29, 1.82) is 0 Å². The summed E-state index contributed by atoms with van der Waals surface area (Å²) in [6, 6.07) is 0. The second kappa shape index (κ2) is 2.54. The van der Waals surface area contributed by atoms with Gasteiger partial charge in [0.2, 0.25) is 0 Å². The van der Waals surface area contributed by atoms with Gasteiger partial charge in [-0.1, -0.05) is 0 Å². The highest BCUT2D eigenvalue weighted by molar-refractivity contribution is 7.99. The largest absolute Gasteiger partial charge is 0.292 e. The van der Waals surface area contributed by atoms with Crippen molar-refractivity contribution in [1.82, 2.24) is 20.9 Å². The van der Waals surface area contributed by atoms with Crippen LogP contribution in [0.15, 0.2) is 0 Å². The van der Waals surface area contributed by atoms with E-state index in [0.717, 1.165) is 18.4 Å². The van der Waals surface area contributed by atoms with Crippen LogP contribution in [0.1, 0.15) is 0 Å². The van der Waals surface area contributed by atoms with Crippen LogP contribution in [0.3, 0.4) is 0 Å². The molecule has 0 saturated carbocycles. The summed E-state index contributed by atoms with van der Waals surface area (Å²) in [7, 11) is 0. The van der Waals surface area contributed by atoms with Crippen LogP contribution in [0.25, 0.3) is 0 Å². The zero-order valence-corrected chi connectivity index (χ0v) is 6.97. The summed E-state index contributed by atoms with van der Waals surface area (Å²) in [4.78, 5) is 0. The third-order valence-electron chi connectivity index (χ3n) is 1.35. The zero-order chi connectivity index (χ0) is 6.97. The second-order valence-electron chi connectivity index (χ2n) is 2.24. The molecule has 0 radical (unpaired) electrons. The van der Waals surface area contributed by atoms with Crippen molar-refractivity contribution in [3.8, 4) is 0 Å². The standard InChI is InChI=1S/C4H8N4S2/c9-4-5-7-1-8(6-4)3-10-2-7/h1-3H2,(H2,5,6,9). The Hall–Kier alpha value is -0.0400. The average molecular weight is 176 g/mol. The van der Waals surface area contributed by atoms with Crippen LogP contribution in [0.5, 0.6) is 0 Å². The number of hydrogen-bond donors (Lipinski definition) is 2. The molecule has 0 aliphatic carbocycles. The Labute approximate surface area is 68.9 Å². The average Bonchev–Trinajstić information content (AvgIpc) is 1.85. The first-order valence-electron chi connectivity index (χ1n) is 2.99. The van der Waals surface area contributed by atoms with Gasteiger partial charge < -0.3 is 0 Å². The van der Waals surface area contributed by atoms with Gasteiger partial charge >= 0.3 is 0 Å². The Morgan fingerprint density at radius 1 is 1.30 bits per heavy atom. The van der Waals surface area contributed by atoms with Crippen LogP contribution in [-0.4, -0.2) is 33.6 Å². The Balaban J connectivity index is 2.05. The lowest BCUT2D eigenvalue weighted by Crippen LogP contribution is -2.65. The molecule has 56 valence electrons. The van der Waals surface area contributed by atoms with Crippen molar-refractivity contribution in [2.45, 2.75) is 0 Å². The molecule has 0 aromatic rings. The number of hydrazine groups is 2. The van der Waals surface area contributed by atoms with Crippen molar-refractivity contribution >= 4 is 29.1 Å². The van der Waals surface area contributed by atoms with Gasteiger partial charge in [0.15, 0.2) is 5.11 Å². The van der Waals surface area contributed by atoms with Gasteiger partial charge in [-0.15, -0.1) is 11.8 Å². The zero-order valence-electron chi connectivity index (χ0n) is 5.33. The first-order valence-corrected chi connectivity index (χ1v) is 4.56. The maximum absolute atomic E-state index is 4.95. The van der Waals surface area contributed by atoms with E-state index in [0.29, 0.717) is 5.11 Å². The second-order valence-corrected chi connectivity index (χ2v) is 3.57. The number of fused-ring (bicyclic) bond motifs is 2. The van der Waals surface area contributed by atoms with E-state index in [1.807, 2.05) is 11.8 Å². The minimum Gasteiger partial charge on any atom is -0.292 e. The Morgan fingerprint density at radius 3 is 2.50 bits per heavy atom. The van der Waals surface area contributed by atoms with Crippen molar-refractivity contribution in [3.05, 3.63) is 0 Å². The lowest BCUT2D eigenvalue weighted by molar-refractivity contribution is 0.0815. The number of rotatable bonds is 0. The van der Waals surface area contributed by atoms with Crippen molar-refractivity contribution in [3.63, 3.8) is 0 Å². The fourth-order valence-corrected chi connectivity index (χ4v) is 2.07. The Kier molecular flexibility index (Phi) is 1.69. The van der Waals surface area contributed by atoms with Crippen LogP contribution < -0.4 is 10.9 Å². The number of hydrogen-bond acceptors (Lipinski definition) is 4. The molecule has 2 aliphatic heterocycles. The molecule has 4 nitrogen and oxygen atoms in total. The maximum Gasteiger partial charge on any atom is 0.195 e. The van der Waals surface area contributed by atoms with Gasteiger partial charge in [0.05, 0.1) is 18.4 Å². The van der Waals surface area contributed by atoms with Crippen LogP contribution in [0.4, 0.5) is 0 Å². The molecule has 2 atom stereocenters. The monoisotopic (exact) mass is 176 g/mol. The van der Waals surface area contributed by atoms with Gasteiger partial charge in [-0.2, -0.15) is 10.0 Å². The van der Waals surface area contributed by atoms with Crippen molar-refractivity contribution in [2.75, 3.05) is 18.4 Å². The molecule has 0 aromatic carbocycles. The van der Waals surface area contributed by atoms with Gasteiger partial charge in [0, 0.05) is 0 Å². The van der Waals surface area contributed by atoms with E-state index in [9.17, 15) is 0 Å². The molecule has 2 N–H and O–H groups in total. The lowest BCUT2D eigenvalue weighted by atomic mass is 10.8. The van der Waals surface area contributed by atoms with E-state index >= 15 is 0 Å². The fourth-order valence-electron chi connectivity index (χ4n) is 0.996. The van der Waals surface area contributed by atoms with Gasteiger partial charge in [-0.3, -0.25) is 10.9 Å². The molecular weight excluding hydrogens is 168 g/mol. The van der Waals surface area contributed by atoms with Crippen molar-refractivity contribution < 1.29 is 0 Å². The number of nitrogens with one attached hydrogen (secondary N) is 2. The van der Waals surface area contributed by atoms with Gasteiger partial charge in [-0.25, -0.2) is 0 Å². The molecule has 2 bridgehead atoms. The van der Waals surface area contributed by atoms with Crippen LogP contribution >= 0.6 is 24.0 Å². The summed E-state index contributed by atoms with van der Waals surface area (Å²) < 4.78 is 0. The highest BCUT2D eigenvalue weighted by atomic mass is 32.2. The Morgan fingerprint density at radius 2 is 1.90 bits per heavy atom. The normalized spacial score (nSPS) is 38.2. The molecule has 2 unspecified atom stereocenters. The van der Waals surface area contributed by atoms with E-state index in [4.69, 9.17) is 12.2 Å². The lowest BCUT2D eigenvalue weighted by Gasteiger charge is -2.41. The fraction of sp³-hybridized carbons (Fsp3) is 0.750. The molecule has 2 fully saturated rings. The maximum atomic E-state index is 4.95. The molecule has 10 heavy (non-hydrogen) atoms. The molecule has 0 aromatic heterocycles. The minimum absolute atomic E-state index is 0.701. The van der Waals surface area contributed by atoms with E-state index in [-0.39, 0.29) is 0 Å². The smallest absolute Gasteiger partial charge is 0.195 e. The summed E-state index contributed by atoms with van der Waals surface area (Å²) in [5, 5.41) is 4.85. The number of thiocarbonyl (C=S) groups is 1. The molecule has 2 aliphatic rings. The molecule has 0 spiro atoms. The highest BCUT2D eigenvalue weighted by Gasteiger charge is 2.23. The predicted molar refractivity (Wildman–Crippen MR) is 44.7 cm³/mol. The summed E-state index contributed by atoms with van der Waals surface area (Å²) >= 11 is 6.80. The van der Waals surface area contributed by atoms with E-state index < -0.39 is 0 Å². The summed E-state index contributed by atoms with van der Waals surface area (Å²) in [5.74, 6) is 2.02. The third kappa shape index (κ3) is 1.20. The van der Waals surface area contributed by atoms with Gasteiger partial charge in [0.1, 0.15) is 0 Å². The Bertz CT molecular complexity index is 147. The van der Waals surface area contributed by atoms with Crippen LogP contribution in [0, 0.1) is 0 Å². The summed E-state index contributed by atoms with van der Waals surface area (Å²) in [6.45, 7) is 0.910. The molecule has 6 heteroatoms. The number of nitrogens with zero attached hydrogens (tertiary/aromatic N) is 2. The molecule has 2 saturated heterocycles. The predicted octanol–water partition coefficient (Wildman–Crippen LogP) is -0.483. The molecule has 2 rings (SSSR count). The van der Waals surface area contributed by atoms with E-state index in [1.54, 1.807) is 0 Å². The highest BCUT2D eigenvalue weighted by Crippen LogP contribution is 2.12. The topological polar surface area (TPSA) is 30.5 Å². The van der Waals surface area contributed by atoms with E-state index in [1.165, 1.54) is 0 Å². The van der Waals surface area contributed by atoms with E-state index in [2.05, 4.69) is 20.9 Å². The van der Waals surface area contributed by atoms with Gasteiger partial charge in [0.25, 0.3) is 0 Å². The summed E-state index contributed by atoms with van der Waals surface area (Å²) in [6.07, 6.45) is 0. The van der Waals surface area contributed by atoms with Crippen LogP contribution in [-0.2, 0) is 0 Å². The van der Waals surface area contributed by atoms with Gasteiger partial charge in [-0.05, 0) is 12.2 Å². The molecule has 0 amide bonds. The molecular formula is C4H8N4S2.